The predicted molar refractivity (Wildman–Crippen MR) is 80.6 cm³/mol. The van der Waals surface area contributed by atoms with Gasteiger partial charge in [-0.15, -0.1) is 0 Å². The van der Waals surface area contributed by atoms with Gasteiger partial charge in [-0.25, -0.2) is 4.79 Å². The van der Waals surface area contributed by atoms with Gasteiger partial charge in [-0.2, -0.15) is 0 Å². The Hall–Kier alpha value is -1.07. The van der Waals surface area contributed by atoms with Crippen LogP contribution in [0.4, 0.5) is 0 Å². The molecule has 1 atom stereocenters. The third kappa shape index (κ3) is 2.99. The Morgan fingerprint density at radius 3 is 2.75 bits per heavy atom. The number of aromatic amines is 1. The van der Waals surface area contributed by atoms with Gasteiger partial charge in [0.15, 0.2) is 0 Å². The van der Waals surface area contributed by atoms with E-state index in [9.17, 15) is 9.59 Å². The molecule has 0 saturated carbocycles. The van der Waals surface area contributed by atoms with Gasteiger partial charge < -0.3 is 0 Å². The average molecular weight is 300 g/mol. The highest BCUT2D eigenvalue weighted by Crippen LogP contribution is 2.17. The van der Waals surface area contributed by atoms with E-state index in [1.165, 1.54) is 4.57 Å². The number of rotatable bonds is 5. The first kappa shape index (κ1) is 15.3. The van der Waals surface area contributed by atoms with Crippen LogP contribution < -0.4 is 11.2 Å². The zero-order chi connectivity index (χ0) is 14.7. The lowest BCUT2D eigenvalue weighted by Gasteiger charge is -2.23. The van der Waals surface area contributed by atoms with Crippen molar-refractivity contribution in [3.8, 4) is 0 Å². The average Bonchev–Trinajstić information content (AvgIpc) is 2.86. The summed E-state index contributed by atoms with van der Waals surface area (Å²) in [7, 11) is 0. The van der Waals surface area contributed by atoms with Gasteiger partial charge in [-0.1, -0.05) is 31.9 Å². The SMILES string of the molecule is CCCc1c(Cl)[nH]c(=O)n(CC2CCCN2CC)c1=O. The molecule has 112 valence electrons. The Kier molecular flexibility index (Phi) is 5.05. The molecule has 0 bridgehead atoms. The van der Waals surface area contributed by atoms with Gasteiger partial charge in [0.05, 0.1) is 5.56 Å². The molecule has 1 fully saturated rings. The number of nitrogens with one attached hydrogen (secondary N) is 1. The van der Waals surface area contributed by atoms with Gasteiger partial charge >= 0.3 is 5.69 Å². The van der Waals surface area contributed by atoms with Crippen LogP contribution >= 0.6 is 11.6 Å². The number of hydrogen-bond acceptors (Lipinski definition) is 3. The lowest BCUT2D eigenvalue weighted by atomic mass is 10.2. The maximum atomic E-state index is 12.4. The van der Waals surface area contributed by atoms with E-state index in [1.54, 1.807) is 0 Å². The fraction of sp³-hybridized carbons (Fsp3) is 0.714. The van der Waals surface area contributed by atoms with Crippen molar-refractivity contribution in [1.82, 2.24) is 14.5 Å². The normalized spacial score (nSPS) is 19.6. The van der Waals surface area contributed by atoms with Gasteiger partial charge in [-0.3, -0.25) is 19.2 Å². The van der Waals surface area contributed by atoms with Crippen LogP contribution in [-0.2, 0) is 13.0 Å². The second-order valence-corrected chi connectivity index (χ2v) is 5.69. The van der Waals surface area contributed by atoms with Crippen molar-refractivity contribution in [3.63, 3.8) is 0 Å². The maximum absolute atomic E-state index is 12.4. The lowest BCUT2D eigenvalue weighted by molar-refractivity contribution is 0.240. The van der Waals surface area contributed by atoms with Crippen LogP contribution in [0.2, 0.25) is 5.15 Å². The summed E-state index contributed by atoms with van der Waals surface area (Å²) in [6.07, 6.45) is 3.58. The summed E-state index contributed by atoms with van der Waals surface area (Å²) in [6.45, 7) is 6.54. The van der Waals surface area contributed by atoms with Crippen molar-refractivity contribution in [2.24, 2.45) is 0 Å². The fourth-order valence-electron chi connectivity index (χ4n) is 2.95. The van der Waals surface area contributed by atoms with E-state index in [2.05, 4.69) is 16.8 Å². The molecule has 20 heavy (non-hydrogen) atoms. The summed E-state index contributed by atoms with van der Waals surface area (Å²) in [4.78, 5) is 29.3. The van der Waals surface area contributed by atoms with Gasteiger partial charge in [0, 0.05) is 12.6 Å². The topological polar surface area (TPSA) is 58.1 Å². The van der Waals surface area contributed by atoms with Gasteiger partial charge in [-0.05, 0) is 32.4 Å². The molecule has 1 aromatic rings. The summed E-state index contributed by atoms with van der Waals surface area (Å²) in [6, 6.07) is 0.273. The molecule has 2 heterocycles. The van der Waals surface area contributed by atoms with Crippen molar-refractivity contribution < 1.29 is 0 Å². The second-order valence-electron chi connectivity index (χ2n) is 5.31. The lowest BCUT2D eigenvalue weighted by Crippen LogP contribution is -2.43. The van der Waals surface area contributed by atoms with Crippen molar-refractivity contribution >= 4 is 11.6 Å². The molecule has 2 rings (SSSR count). The monoisotopic (exact) mass is 299 g/mol. The van der Waals surface area contributed by atoms with E-state index in [1.807, 2.05) is 6.92 Å². The molecule has 0 radical (unpaired) electrons. The minimum atomic E-state index is -0.400. The summed E-state index contributed by atoms with van der Waals surface area (Å²) >= 11 is 5.98. The Morgan fingerprint density at radius 2 is 2.10 bits per heavy atom. The smallest absolute Gasteiger partial charge is 0.299 e. The molecule has 0 spiro atoms. The van der Waals surface area contributed by atoms with Crippen molar-refractivity contribution in [3.05, 3.63) is 31.6 Å². The quantitative estimate of drug-likeness (QED) is 0.841. The number of likely N-dealkylation sites (N-methyl/N-ethyl adjacent to an activating group) is 1. The van der Waals surface area contributed by atoms with Crippen molar-refractivity contribution in [2.45, 2.75) is 52.1 Å². The Morgan fingerprint density at radius 1 is 1.35 bits per heavy atom. The molecule has 1 unspecified atom stereocenters. The summed E-state index contributed by atoms with van der Waals surface area (Å²) in [5, 5.41) is 0.192. The molecule has 0 amide bonds. The Labute approximate surface area is 123 Å². The molecule has 1 N–H and O–H groups in total. The molecule has 1 aromatic heterocycles. The first-order chi connectivity index (χ1) is 9.58. The number of H-pyrrole nitrogens is 1. The fourth-order valence-corrected chi connectivity index (χ4v) is 3.20. The minimum absolute atomic E-state index is 0.192. The molecule has 0 aliphatic carbocycles. The van der Waals surface area contributed by atoms with E-state index < -0.39 is 5.69 Å². The van der Waals surface area contributed by atoms with Crippen LogP contribution in [-0.4, -0.2) is 33.6 Å². The third-order valence-corrected chi connectivity index (χ3v) is 4.35. The van der Waals surface area contributed by atoms with E-state index in [-0.39, 0.29) is 16.8 Å². The van der Waals surface area contributed by atoms with Crippen LogP contribution in [0.3, 0.4) is 0 Å². The van der Waals surface area contributed by atoms with Crippen LogP contribution in [0.15, 0.2) is 9.59 Å². The number of aromatic nitrogens is 2. The van der Waals surface area contributed by atoms with Gasteiger partial charge in [0.2, 0.25) is 0 Å². The first-order valence-electron chi connectivity index (χ1n) is 7.34. The molecular weight excluding hydrogens is 278 g/mol. The summed E-state index contributed by atoms with van der Waals surface area (Å²) < 4.78 is 1.32. The number of likely N-dealkylation sites (tertiary alicyclic amines) is 1. The highest BCUT2D eigenvalue weighted by molar-refractivity contribution is 6.30. The molecule has 6 heteroatoms. The first-order valence-corrected chi connectivity index (χ1v) is 7.71. The summed E-state index contributed by atoms with van der Waals surface area (Å²) in [5.41, 5.74) is -0.110. The highest BCUT2D eigenvalue weighted by atomic mass is 35.5. The number of hydrogen-bond donors (Lipinski definition) is 1. The molecule has 1 aliphatic rings. The minimum Gasteiger partial charge on any atom is -0.299 e. The molecule has 1 aliphatic heterocycles. The highest BCUT2D eigenvalue weighted by Gasteiger charge is 2.25. The molecule has 1 saturated heterocycles. The zero-order valence-corrected chi connectivity index (χ0v) is 12.9. The van der Waals surface area contributed by atoms with Crippen molar-refractivity contribution in [2.75, 3.05) is 13.1 Å². The summed E-state index contributed by atoms with van der Waals surface area (Å²) in [5.74, 6) is 0. The number of halogens is 1. The molecule has 0 aromatic carbocycles. The standard InChI is InChI=1S/C14H22ClN3O2/c1-3-6-11-12(15)16-14(20)18(13(11)19)9-10-7-5-8-17(10)4-2/h10H,3-9H2,1-2H3,(H,16,20). The van der Waals surface area contributed by atoms with E-state index in [0.29, 0.717) is 18.5 Å². The Balaban J connectivity index is 2.34. The predicted octanol–water partition coefficient (Wildman–Crippen LogP) is 1.63. The molecule has 5 nitrogen and oxygen atoms in total. The van der Waals surface area contributed by atoms with Crippen LogP contribution in [0.1, 0.15) is 38.7 Å². The van der Waals surface area contributed by atoms with E-state index in [4.69, 9.17) is 11.6 Å². The van der Waals surface area contributed by atoms with E-state index in [0.717, 1.165) is 32.4 Å². The van der Waals surface area contributed by atoms with Crippen molar-refractivity contribution in [1.29, 1.82) is 0 Å². The zero-order valence-electron chi connectivity index (χ0n) is 12.1. The van der Waals surface area contributed by atoms with Crippen LogP contribution in [0.25, 0.3) is 0 Å². The van der Waals surface area contributed by atoms with Crippen LogP contribution in [0.5, 0.6) is 0 Å². The number of nitrogens with zero attached hydrogens (tertiary/aromatic N) is 2. The maximum Gasteiger partial charge on any atom is 0.329 e. The van der Waals surface area contributed by atoms with Gasteiger partial charge in [0.25, 0.3) is 5.56 Å². The molecular formula is C14H22ClN3O2. The third-order valence-electron chi connectivity index (χ3n) is 4.03. The second kappa shape index (κ2) is 6.59. The largest absolute Gasteiger partial charge is 0.329 e. The van der Waals surface area contributed by atoms with Gasteiger partial charge in [0.1, 0.15) is 5.15 Å². The van der Waals surface area contributed by atoms with E-state index >= 15 is 0 Å². The van der Waals surface area contributed by atoms with Crippen LogP contribution in [0, 0.1) is 0 Å². The Bertz CT molecular complexity index is 579.